The third kappa shape index (κ3) is 3.76. The van der Waals surface area contributed by atoms with Gasteiger partial charge in [-0.3, -0.25) is 0 Å². The molecule has 3 heteroatoms. The van der Waals surface area contributed by atoms with Crippen LogP contribution in [0.1, 0.15) is 58.6 Å². The highest BCUT2D eigenvalue weighted by Crippen LogP contribution is 2.38. The van der Waals surface area contributed by atoms with Crippen molar-refractivity contribution in [2.75, 3.05) is 0 Å². The van der Waals surface area contributed by atoms with Crippen molar-refractivity contribution in [3.05, 3.63) is 29.6 Å². The van der Waals surface area contributed by atoms with Gasteiger partial charge in [0.15, 0.2) is 11.6 Å². The number of benzene rings is 1. The van der Waals surface area contributed by atoms with E-state index in [1.165, 1.54) is 12.5 Å². The molecule has 1 aliphatic rings. The molecule has 1 saturated carbocycles. The number of halogens is 1. The summed E-state index contributed by atoms with van der Waals surface area (Å²) < 4.78 is 20.4. The van der Waals surface area contributed by atoms with Crippen LogP contribution in [0, 0.1) is 23.6 Å². The normalized spacial score (nSPS) is 27.7. The largest absolute Gasteiger partial charge is 0.487 e. The smallest absolute Gasteiger partial charge is 0.165 e. The molecular formula is C18H28FNO. The van der Waals surface area contributed by atoms with E-state index in [2.05, 4.69) is 20.8 Å². The zero-order valence-corrected chi connectivity index (χ0v) is 13.6. The first-order valence-electron chi connectivity index (χ1n) is 8.10. The van der Waals surface area contributed by atoms with Crippen molar-refractivity contribution in [2.45, 2.75) is 59.1 Å². The lowest BCUT2D eigenvalue weighted by Crippen LogP contribution is -2.37. The molecule has 0 radical (unpaired) electrons. The van der Waals surface area contributed by atoms with Crippen LogP contribution < -0.4 is 10.5 Å². The number of ether oxygens (including phenoxy) is 1. The van der Waals surface area contributed by atoms with Gasteiger partial charge in [-0.25, -0.2) is 4.39 Å². The molecule has 0 aromatic heterocycles. The van der Waals surface area contributed by atoms with Gasteiger partial charge in [0.05, 0.1) is 0 Å². The zero-order valence-electron chi connectivity index (χ0n) is 13.6. The van der Waals surface area contributed by atoms with Crippen LogP contribution in [0.25, 0.3) is 0 Å². The molecule has 3 unspecified atom stereocenters. The maximum Gasteiger partial charge on any atom is 0.165 e. The lowest BCUT2D eigenvalue weighted by Gasteiger charge is -2.37. The maximum absolute atomic E-state index is 14.2. The molecule has 2 N–H and O–H groups in total. The average molecular weight is 293 g/mol. The fourth-order valence-corrected chi connectivity index (χ4v) is 3.41. The number of rotatable bonds is 4. The molecule has 1 aromatic carbocycles. The maximum atomic E-state index is 14.2. The molecule has 1 aromatic rings. The van der Waals surface area contributed by atoms with Crippen LogP contribution in [0.15, 0.2) is 18.2 Å². The molecule has 1 aliphatic carbocycles. The molecule has 0 bridgehead atoms. The standard InChI is InChI=1S/C18H28FNO/c1-11(2)14-9-8-12(3)10-17(14)21-18-15(13(4)20)6-5-7-16(18)19/h5-7,11-14,17H,8-10,20H2,1-4H3/t12?,13-,14?,17?/m1/s1. The van der Waals surface area contributed by atoms with Gasteiger partial charge in [-0.1, -0.05) is 39.3 Å². The van der Waals surface area contributed by atoms with Crippen LogP contribution >= 0.6 is 0 Å². The number of hydrogen-bond acceptors (Lipinski definition) is 2. The van der Waals surface area contributed by atoms with Crippen molar-refractivity contribution >= 4 is 0 Å². The van der Waals surface area contributed by atoms with Gasteiger partial charge in [-0.05, 0) is 43.6 Å². The minimum absolute atomic E-state index is 0.0862. The van der Waals surface area contributed by atoms with Crippen LogP contribution in [0.3, 0.4) is 0 Å². The topological polar surface area (TPSA) is 35.2 Å². The van der Waals surface area contributed by atoms with E-state index in [9.17, 15) is 4.39 Å². The van der Waals surface area contributed by atoms with E-state index in [1.807, 2.05) is 13.0 Å². The Hall–Kier alpha value is -1.09. The summed E-state index contributed by atoms with van der Waals surface area (Å²) >= 11 is 0. The van der Waals surface area contributed by atoms with Crippen LogP contribution in [0.4, 0.5) is 4.39 Å². The lowest BCUT2D eigenvalue weighted by atomic mass is 9.75. The summed E-state index contributed by atoms with van der Waals surface area (Å²) in [6, 6.07) is 4.79. The SMILES string of the molecule is CC1CCC(C(C)C)C(Oc2c(F)cccc2[C@@H](C)N)C1. The highest BCUT2D eigenvalue weighted by atomic mass is 19.1. The van der Waals surface area contributed by atoms with Crippen molar-refractivity contribution in [1.29, 1.82) is 0 Å². The summed E-state index contributed by atoms with van der Waals surface area (Å²) in [5.41, 5.74) is 6.72. The van der Waals surface area contributed by atoms with Crippen molar-refractivity contribution in [3.8, 4) is 5.75 Å². The molecule has 0 spiro atoms. The quantitative estimate of drug-likeness (QED) is 0.874. The molecular weight excluding hydrogens is 265 g/mol. The van der Waals surface area contributed by atoms with Crippen molar-refractivity contribution in [1.82, 2.24) is 0 Å². The third-order valence-electron chi connectivity index (χ3n) is 4.72. The number of nitrogens with two attached hydrogens (primary N) is 1. The summed E-state index contributed by atoms with van der Waals surface area (Å²) in [4.78, 5) is 0. The van der Waals surface area contributed by atoms with Gasteiger partial charge in [-0.15, -0.1) is 0 Å². The zero-order chi connectivity index (χ0) is 15.6. The molecule has 0 heterocycles. The van der Waals surface area contributed by atoms with E-state index in [4.69, 9.17) is 10.5 Å². The minimum Gasteiger partial charge on any atom is -0.487 e. The van der Waals surface area contributed by atoms with Gasteiger partial charge >= 0.3 is 0 Å². The Labute approximate surface area is 127 Å². The molecule has 4 atom stereocenters. The van der Waals surface area contributed by atoms with Crippen LogP contribution in [0.5, 0.6) is 5.75 Å². The fourth-order valence-electron chi connectivity index (χ4n) is 3.41. The highest BCUT2D eigenvalue weighted by Gasteiger charge is 2.33. The summed E-state index contributed by atoms with van der Waals surface area (Å²) in [6.07, 6.45) is 3.48. The van der Waals surface area contributed by atoms with E-state index < -0.39 is 0 Å². The Morgan fingerprint density at radius 1 is 1.24 bits per heavy atom. The predicted molar refractivity (Wildman–Crippen MR) is 84.8 cm³/mol. The van der Waals surface area contributed by atoms with Gasteiger partial charge in [0, 0.05) is 11.6 Å². The van der Waals surface area contributed by atoms with Crippen molar-refractivity contribution in [3.63, 3.8) is 0 Å². The first kappa shape index (κ1) is 16.3. The van der Waals surface area contributed by atoms with E-state index in [1.54, 1.807) is 6.07 Å². The van der Waals surface area contributed by atoms with Crippen LogP contribution in [-0.4, -0.2) is 6.10 Å². The minimum atomic E-state index is -0.300. The fraction of sp³-hybridized carbons (Fsp3) is 0.667. The molecule has 1 fully saturated rings. The number of para-hydroxylation sites is 1. The van der Waals surface area contributed by atoms with Crippen LogP contribution in [-0.2, 0) is 0 Å². The van der Waals surface area contributed by atoms with Gasteiger partial charge < -0.3 is 10.5 Å². The Kier molecular flexibility index (Phi) is 5.26. The van der Waals surface area contributed by atoms with E-state index in [0.29, 0.717) is 23.5 Å². The molecule has 0 saturated heterocycles. The summed E-state index contributed by atoms with van der Waals surface area (Å²) in [5, 5.41) is 0. The lowest BCUT2D eigenvalue weighted by molar-refractivity contribution is 0.0421. The van der Waals surface area contributed by atoms with Crippen molar-refractivity contribution < 1.29 is 9.13 Å². The molecule has 0 aliphatic heterocycles. The molecule has 21 heavy (non-hydrogen) atoms. The van der Waals surface area contributed by atoms with Crippen LogP contribution in [0.2, 0.25) is 0 Å². The van der Waals surface area contributed by atoms with E-state index in [0.717, 1.165) is 18.4 Å². The van der Waals surface area contributed by atoms with Gasteiger partial charge in [-0.2, -0.15) is 0 Å². The van der Waals surface area contributed by atoms with Gasteiger partial charge in [0.2, 0.25) is 0 Å². The number of hydrogen-bond donors (Lipinski definition) is 1. The Morgan fingerprint density at radius 2 is 1.95 bits per heavy atom. The summed E-state index contributed by atoms with van der Waals surface area (Å²) in [5.74, 6) is 1.73. The van der Waals surface area contributed by atoms with E-state index >= 15 is 0 Å². The second-order valence-corrected chi connectivity index (χ2v) is 6.93. The van der Waals surface area contributed by atoms with Crippen molar-refractivity contribution in [2.24, 2.45) is 23.5 Å². The first-order chi connectivity index (χ1) is 9.90. The molecule has 0 amide bonds. The predicted octanol–water partition coefficient (Wildman–Crippen LogP) is 4.69. The Morgan fingerprint density at radius 3 is 2.57 bits per heavy atom. The molecule has 118 valence electrons. The summed E-state index contributed by atoms with van der Waals surface area (Å²) in [6.45, 7) is 8.57. The second kappa shape index (κ2) is 6.78. The molecule has 2 nitrogen and oxygen atoms in total. The monoisotopic (exact) mass is 293 g/mol. The second-order valence-electron chi connectivity index (χ2n) is 6.93. The third-order valence-corrected chi connectivity index (χ3v) is 4.72. The highest BCUT2D eigenvalue weighted by molar-refractivity contribution is 5.37. The average Bonchev–Trinajstić information content (AvgIpc) is 2.40. The van der Waals surface area contributed by atoms with E-state index in [-0.39, 0.29) is 18.0 Å². The molecule has 2 rings (SSSR count). The van der Waals surface area contributed by atoms with Gasteiger partial charge in [0.25, 0.3) is 0 Å². The Bertz CT molecular complexity index is 472. The van der Waals surface area contributed by atoms with Gasteiger partial charge in [0.1, 0.15) is 6.10 Å². The summed E-state index contributed by atoms with van der Waals surface area (Å²) in [7, 11) is 0. The Balaban J connectivity index is 2.26. The first-order valence-corrected chi connectivity index (χ1v) is 8.10.